The van der Waals surface area contributed by atoms with E-state index >= 15 is 0 Å². The summed E-state index contributed by atoms with van der Waals surface area (Å²) in [4.78, 5) is 2.37. The number of hydrogen-bond acceptors (Lipinski definition) is 1. The normalized spacial score (nSPS) is 11.4. The summed E-state index contributed by atoms with van der Waals surface area (Å²) in [7, 11) is 0. The van der Waals surface area contributed by atoms with Crippen LogP contribution in [0.1, 0.15) is 33.4 Å². The van der Waals surface area contributed by atoms with Crippen LogP contribution < -0.4 is 4.90 Å². The molecule has 0 aliphatic carbocycles. The lowest BCUT2D eigenvalue weighted by molar-refractivity contribution is 1.21. The molecule has 0 radical (unpaired) electrons. The fourth-order valence-electron chi connectivity index (χ4n) is 4.14. The highest BCUT2D eigenvalue weighted by Gasteiger charge is 2.17. The molecule has 0 aliphatic rings. The number of allylic oxidation sites excluding steroid dienone is 2. The van der Waals surface area contributed by atoms with E-state index in [0.717, 1.165) is 0 Å². The molecule has 0 N–H and O–H groups in total. The fraction of sp³-hybridized carbons (Fsp3) is 0.125. The zero-order valence-corrected chi connectivity index (χ0v) is 19.9. The first-order chi connectivity index (χ1) is 16.0. The molecule has 0 aliphatic heterocycles. The van der Waals surface area contributed by atoms with Crippen molar-refractivity contribution in [3.8, 4) is 0 Å². The smallest absolute Gasteiger partial charge is 0.0519 e. The minimum Gasteiger partial charge on any atom is -0.310 e. The predicted molar refractivity (Wildman–Crippen MR) is 145 cm³/mol. The zero-order chi connectivity index (χ0) is 23.2. The minimum absolute atomic E-state index is 1.17. The number of hydrogen-bond donors (Lipinski definition) is 0. The molecule has 0 bridgehead atoms. The summed E-state index contributed by atoms with van der Waals surface area (Å²) in [6, 6.07) is 32.4. The number of benzene rings is 4. The molecule has 4 aromatic rings. The Hall–Kier alpha value is -3.84. The van der Waals surface area contributed by atoms with Crippen LogP contribution in [0.2, 0.25) is 0 Å². The Morgan fingerprint density at radius 1 is 0.545 bits per heavy atom. The van der Waals surface area contributed by atoms with Crippen LogP contribution in [-0.4, -0.2) is 0 Å². The summed E-state index contributed by atoms with van der Waals surface area (Å²) in [5, 5.41) is 0. The number of aryl methyl sites for hydroxylation is 4. The van der Waals surface area contributed by atoms with Gasteiger partial charge in [-0.2, -0.15) is 0 Å². The van der Waals surface area contributed by atoms with Crippen molar-refractivity contribution >= 4 is 29.2 Å². The zero-order valence-electron chi connectivity index (χ0n) is 19.9. The predicted octanol–water partition coefficient (Wildman–Crippen LogP) is 9.12. The van der Waals surface area contributed by atoms with Gasteiger partial charge in [0.25, 0.3) is 0 Å². The molecular formula is C32H31N. The first-order valence-electron chi connectivity index (χ1n) is 11.5. The number of para-hydroxylation sites is 1. The summed E-state index contributed by atoms with van der Waals surface area (Å²) < 4.78 is 0. The molecule has 33 heavy (non-hydrogen) atoms. The van der Waals surface area contributed by atoms with Crippen LogP contribution in [0.3, 0.4) is 0 Å². The highest BCUT2D eigenvalue weighted by Crippen LogP contribution is 2.39. The monoisotopic (exact) mass is 429 g/mol. The summed E-state index contributed by atoms with van der Waals surface area (Å²) in [5.74, 6) is 0. The second-order valence-corrected chi connectivity index (χ2v) is 8.58. The van der Waals surface area contributed by atoms with E-state index in [1.54, 1.807) is 0 Å². The Morgan fingerprint density at radius 2 is 1.18 bits per heavy atom. The molecule has 0 atom stereocenters. The largest absolute Gasteiger partial charge is 0.310 e. The van der Waals surface area contributed by atoms with Gasteiger partial charge in [0.1, 0.15) is 0 Å². The third-order valence-corrected chi connectivity index (χ3v) is 5.94. The molecular weight excluding hydrogens is 398 g/mol. The molecule has 0 aromatic heterocycles. The molecule has 0 amide bonds. The van der Waals surface area contributed by atoms with Crippen molar-refractivity contribution in [2.24, 2.45) is 0 Å². The molecule has 0 fully saturated rings. The van der Waals surface area contributed by atoms with E-state index in [1.165, 1.54) is 50.4 Å². The van der Waals surface area contributed by atoms with Gasteiger partial charge in [-0.3, -0.25) is 0 Å². The SMILES string of the molecule is Cc1ccc(N(c2ccc(/C=C/C=C/c3ccccc3)c(C)c2)c2c(C)cccc2C)cc1. The van der Waals surface area contributed by atoms with Gasteiger partial charge in [0.15, 0.2) is 0 Å². The van der Waals surface area contributed by atoms with Crippen LogP contribution in [0.25, 0.3) is 12.2 Å². The first kappa shape index (κ1) is 22.4. The van der Waals surface area contributed by atoms with Crippen molar-refractivity contribution in [1.29, 1.82) is 0 Å². The van der Waals surface area contributed by atoms with Gasteiger partial charge >= 0.3 is 0 Å². The molecule has 4 rings (SSSR count). The molecule has 4 aromatic carbocycles. The molecule has 1 nitrogen and oxygen atoms in total. The van der Waals surface area contributed by atoms with Gasteiger partial charge < -0.3 is 4.90 Å². The summed E-state index contributed by atoms with van der Waals surface area (Å²) in [6.07, 6.45) is 8.50. The van der Waals surface area contributed by atoms with Gasteiger partial charge in [-0.25, -0.2) is 0 Å². The van der Waals surface area contributed by atoms with Crippen molar-refractivity contribution in [3.63, 3.8) is 0 Å². The Morgan fingerprint density at radius 3 is 1.85 bits per heavy atom. The third kappa shape index (κ3) is 5.32. The lowest BCUT2D eigenvalue weighted by atomic mass is 10.0. The molecule has 0 unspecified atom stereocenters. The van der Waals surface area contributed by atoms with Crippen molar-refractivity contribution < 1.29 is 0 Å². The van der Waals surface area contributed by atoms with Gasteiger partial charge in [0.05, 0.1) is 5.69 Å². The maximum atomic E-state index is 2.37. The topological polar surface area (TPSA) is 3.24 Å². The fourth-order valence-corrected chi connectivity index (χ4v) is 4.14. The van der Waals surface area contributed by atoms with Crippen molar-refractivity contribution in [2.45, 2.75) is 27.7 Å². The van der Waals surface area contributed by atoms with Gasteiger partial charge in [-0.1, -0.05) is 96.6 Å². The summed E-state index contributed by atoms with van der Waals surface area (Å²) in [6.45, 7) is 8.69. The van der Waals surface area contributed by atoms with E-state index in [2.05, 4.69) is 142 Å². The lowest BCUT2D eigenvalue weighted by Gasteiger charge is -2.29. The second kappa shape index (κ2) is 10.2. The summed E-state index contributed by atoms with van der Waals surface area (Å²) in [5.41, 5.74) is 11.1. The van der Waals surface area contributed by atoms with Crippen molar-refractivity contribution in [2.75, 3.05) is 4.90 Å². The van der Waals surface area contributed by atoms with Crippen LogP contribution in [0.5, 0.6) is 0 Å². The van der Waals surface area contributed by atoms with Crippen LogP contribution in [0.4, 0.5) is 17.1 Å². The van der Waals surface area contributed by atoms with Gasteiger partial charge in [0, 0.05) is 11.4 Å². The molecule has 0 saturated heterocycles. The van der Waals surface area contributed by atoms with Gasteiger partial charge in [-0.05, 0) is 79.8 Å². The Balaban J connectivity index is 1.68. The van der Waals surface area contributed by atoms with E-state index in [0.29, 0.717) is 0 Å². The highest BCUT2D eigenvalue weighted by atomic mass is 15.1. The van der Waals surface area contributed by atoms with E-state index < -0.39 is 0 Å². The quantitative estimate of drug-likeness (QED) is 0.276. The van der Waals surface area contributed by atoms with Crippen LogP contribution in [0.15, 0.2) is 103 Å². The highest BCUT2D eigenvalue weighted by molar-refractivity contribution is 5.81. The van der Waals surface area contributed by atoms with E-state index in [9.17, 15) is 0 Å². The number of nitrogens with zero attached hydrogens (tertiary/aromatic N) is 1. The molecule has 0 heterocycles. The summed E-state index contributed by atoms with van der Waals surface area (Å²) >= 11 is 0. The molecule has 0 spiro atoms. The maximum Gasteiger partial charge on any atom is 0.0519 e. The maximum absolute atomic E-state index is 2.37. The minimum atomic E-state index is 1.17. The first-order valence-corrected chi connectivity index (χ1v) is 11.5. The average Bonchev–Trinajstić information content (AvgIpc) is 2.82. The Kier molecular flexibility index (Phi) is 6.90. The van der Waals surface area contributed by atoms with Crippen LogP contribution in [-0.2, 0) is 0 Å². The molecule has 164 valence electrons. The third-order valence-electron chi connectivity index (χ3n) is 5.94. The Bertz CT molecular complexity index is 1260. The molecule has 1 heteroatoms. The van der Waals surface area contributed by atoms with E-state index in [4.69, 9.17) is 0 Å². The van der Waals surface area contributed by atoms with Crippen molar-refractivity contribution in [3.05, 3.63) is 137 Å². The number of rotatable bonds is 6. The van der Waals surface area contributed by atoms with Crippen LogP contribution >= 0.6 is 0 Å². The van der Waals surface area contributed by atoms with E-state index in [-0.39, 0.29) is 0 Å². The second-order valence-electron chi connectivity index (χ2n) is 8.58. The van der Waals surface area contributed by atoms with E-state index in [1.807, 2.05) is 6.07 Å². The average molecular weight is 430 g/mol. The van der Waals surface area contributed by atoms with Gasteiger partial charge in [0.2, 0.25) is 0 Å². The lowest BCUT2D eigenvalue weighted by Crippen LogP contribution is -2.13. The van der Waals surface area contributed by atoms with Crippen molar-refractivity contribution in [1.82, 2.24) is 0 Å². The van der Waals surface area contributed by atoms with Gasteiger partial charge in [-0.15, -0.1) is 0 Å². The standard InChI is InChI=1S/C32H31N/c1-24-17-20-30(21-18-24)33(32-25(2)11-10-12-26(32)3)31-22-19-29(27(4)23-31)16-9-8-15-28-13-6-5-7-14-28/h5-23H,1-4H3/b15-8+,16-9+. The van der Waals surface area contributed by atoms with Crippen LogP contribution in [0, 0.1) is 27.7 Å². The molecule has 0 saturated carbocycles. The number of anilines is 3. The Labute approximate surface area is 198 Å².